The molecule has 0 amide bonds. The number of hydrogen-bond donors (Lipinski definition) is 2. The van der Waals surface area contributed by atoms with E-state index in [1.807, 2.05) is 6.26 Å². The average molecular weight is 304 g/mol. The van der Waals surface area contributed by atoms with Gasteiger partial charge in [0.2, 0.25) is 10.0 Å². The normalized spacial score (nSPS) is 18.3. The number of nitrogens with one attached hydrogen (secondary N) is 1. The van der Waals surface area contributed by atoms with Gasteiger partial charge < -0.3 is 10.2 Å². The van der Waals surface area contributed by atoms with Gasteiger partial charge in [-0.1, -0.05) is 6.42 Å². The lowest BCUT2D eigenvalue weighted by atomic mass is 9.84. The number of thioether (sulfide) groups is 1. The van der Waals surface area contributed by atoms with Crippen LogP contribution in [0.5, 0.6) is 0 Å². The monoisotopic (exact) mass is 304 g/mol. The van der Waals surface area contributed by atoms with Gasteiger partial charge in [0.15, 0.2) is 0 Å². The molecule has 108 valence electrons. The standard InChI is InChI=1S/C12H20N2O3S2/c1-9-11(6-10(7-13)17-9)19(15,16)14-8-12(18-2)4-3-5-12/h6,14H,3-5,7-8,13H2,1-2H3. The molecular formula is C12H20N2O3S2. The third-order valence-electron chi connectivity index (χ3n) is 3.70. The molecule has 0 saturated heterocycles. The minimum atomic E-state index is -3.51. The molecule has 1 aliphatic rings. The van der Waals surface area contributed by atoms with Crippen LogP contribution in [0, 0.1) is 6.92 Å². The molecule has 7 heteroatoms. The van der Waals surface area contributed by atoms with Crippen LogP contribution in [0.2, 0.25) is 0 Å². The summed E-state index contributed by atoms with van der Waals surface area (Å²) in [5, 5.41) is 0. The summed E-state index contributed by atoms with van der Waals surface area (Å²) in [6.07, 6.45) is 5.33. The topological polar surface area (TPSA) is 85.3 Å². The molecule has 1 aromatic rings. The molecule has 0 aliphatic heterocycles. The zero-order valence-corrected chi connectivity index (χ0v) is 12.9. The van der Waals surface area contributed by atoms with Crippen LogP contribution in [0.3, 0.4) is 0 Å². The van der Waals surface area contributed by atoms with E-state index < -0.39 is 10.0 Å². The van der Waals surface area contributed by atoms with Gasteiger partial charge in [0.1, 0.15) is 16.4 Å². The van der Waals surface area contributed by atoms with E-state index in [2.05, 4.69) is 4.72 Å². The van der Waals surface area contributed by atoms with Crippen LogP contribution < -0.4 is 10.5 Å². The van der Waals surface area contributed by atoms with Crippen molar-refractivity contribution in [3.63, 3.8) is 0 Å². The first-order valence-corrected chi connectivity index (χ1v) is 8.97. The molecule has 0 aromatic carbocycles. The van der Waals surface area contributed by atoms with E-state index in [0.717, 1.165) is 12.8 Å². The minimum Gasteiger partial charge on any atom is -0.464 e. The van der Waals surface area contributed by atoms with Gasteiger partial charge in [-0.2, -0.15) is 11.8 Å². The Morgan fingerprint density at radius 1 is 1.53 bits per heavy atom. The summed E-state index contributed by atoms with van der Waals surface area (Å²) < 4.78 is 32.6. The molecule has 0 radical (unpaired) electrons. The fourth-order valence-corrected chi connectivity index (χ4v) is 4.55. The fourth-order valence-electron chi connectivity index (χ4n) is 2.22. The predicted molar refractivity (Wildman–Crippen MR) is 76.6 cm³/mol. The van der Waals surface area contributed by atoms with Crippen LogP contribution in [0.4, 0.5) is 0 Å². The van der Waals surface area contributed by atoms with Crippen LogP contribution in [0.15, 0.2) is 15.4 Å². The third-order valence-corrected chi connectivity index (χ3v) is 6.62. The Morgan fingerprint density at radius 3 is 2.63 bits per heavy atom. The summed E-state index contributed by atoms with van der Waals surface area (Å²) >= 11 is 1.74. The van der Waals surface area contributed by atoms with E-state index in [0.29, 0.717) is 18.1 Å². The highest BCUT2D eigenvalue weighted by atomic mass is 32.2. The molecule has 3 N–H and O–H groups in total. The van der Waals surface area contributed by atoms with Crippen molar-refractivity contribution < 1.29 is 12.8 Å². The van der Waals surface area contributed by atoms with Crippen molar-refractivity contribution in [2.75, 3.05) is 12.8 Å². The van der Waals surface area contributed by atoms with Gasteiger partial charge in [-0.25, -0.2) is 13.1 Å². The maximum absolute atomic E-state index is 12.3. The van der Waals surface area contributed by atoms with Gasteiger partial charge in [-0.05, 0) is 26.0 Å². The molecule has 1 aliphatic carbocycles. The summed E-state index contributed by atoms with van der Waals surface area (Å²) in [6.45, 7) is 2.31. The van der Waals surface area contributed by atoms with Crippen LogP contribution in [-0.4, -0.2) is 26.0 Å². The number of aryl methyl sites for hydroxylation is 1. The molecule has 0 unspecified atom stereocenters. The Labute approximate surface area is 118 Å². The van der Waals surface area contributed by atoms with Crippen molar-refractivity contribution in [3.05, 3.63) is 17.6 Å². The number of hydrogen-bond acceptors (Lipinski definition) is 5. The second-order valence-electron chi connectivity index (χ2n) is 4.90. The van der Waals surface area contributed by atoms with Crippen molar-refractivity contribution in [1.29, 1.82) is 0 Å². The first-order valence-electron chi connectivity index (χ1n) is 6.27. The number of rotatable bonds is 6. The van der Waals surface area contributed by atoms with Crippen molar-refractivity contribution in [2.24, 2.45) is 5.73 Å². The van der Waals surface area contributed by atoms with Crippen molar-refractivity contribution >= 4 is 21.8 Å². The quantitative estimate of drug-likeness (QED) is 0.834. The van der Waals surface area contributed by atoms with Crippen LogP contribution in [0.25, 0.3) is 0 Å². The van der Waals surface area contributed by atoms with E-state index in [9.17, 15) is 8.42 Å². The maximum atomic E-state index is 12.3. The Morgan fingerprint density at radius 2 is 2.21 bits per heavy atom. The first kappa shape index (κ1) is 14.9. The van der Waals surface area contributed by atoms with Gasteiger partial charge in [0.05, 0.1) is 6.54 Å². The van der Waals surface area contributed by atoms with Crippen LogP contribution >= 0.6 is 11.8 Å². The highest BCUT2D eigenvalue weighted by Crippen LogP contribution is 2.42. The Kier molecular flexibility index (Phi) is 4.29. The highest BCUT2D eigenvalue weighted by molar-refractivity contribution is 8.00. The maximum Gasteiger partial charge on any atom is 0.244 e. The number of furan rings is 1. The smallest absolute Gasteiger partial charge is 0.244 e. The second kappa shape index (κ2) is 5.47. The zero-order valence-electron chi connectivity index (χ0n) is 11.2. The molecule has 0 atom stereocenters. The van der Waals surface area contributed by atoms with Gasteiger partial charge >= 0.3 is 0 Å². The summed E-state index contributed by atoms with van der Waals surface area (Å²) in [6, 6.07) is 1.50. The molecule has 5 nitrogen and oxygen atoms in total. The van der Waals surface area contributed by atoms with Gasteiger partial charge in [-0.15, -0.1) is 0 Å². The molecule has 19 heavy (non-hydrogen) atoms. The van der Waals surface area contributed by atoms with Crippen LogP contribution in [0.1, 0.15) is 30.8 Å². The summed E-state index contributed by atoms with van der Waals surface area (Å²) in [4.78, 5) is 0.198. The SMILES string of the molecule is CSC1(CNS(=O)(=O)c2cc(CN)oc2C)CCC1. The second-order valence-corrected chi connectivity index (χ2v) is 7.91. The van der Waals surface area contributed by atoms with Gasteiger partial charge in [0.25, 0.3) is 0 Å². The molecule has 0 spiro atoms. The van der Waals surface area contributed by atoms with Crippen molar-refractivity contribution in [2.45, 2.75) is 42.4 Å². The lowest BCUT2D eigenvalue weighted by molar-refractivity contribution is 0.361. The van der Waals surface area contributed by atoms with Crippen LogP contribution in [-0.2, 0) is 16.6 Å². The van der Waals surface area contributed by atoms with E-state index in [1.54, 1.807) is 18.7 Å². The molecule has 0 bridgehead atoms. The lowest BCUT2D eigenvalue weighted by Crippen LogP contribution is -2.45. The summed E-state index contributed by atoms with van der Waals surface area (Å²) in [5.41, 5.74) is 5.46. The Bertz CT molecular complexity index is 542. The highest BCUT2D eigenvalue weighted by Gasteiger charge is 2.37. The Hall–Kier alpha value is -0.500. The molecule has 1 fully saturated rings. The number of sulfonamides is 1. The molecular weight excluding hydrogens is 284 g/mol. The third kappa shape index (κ3) is 2.99. The lowest BCUT2D eigenvalue weighted by Gasteiger charge is -2.40. The minimum absolute atomic E-state index is 0.0708. The van der Waals surface area contributed by atoms with Crippen molar-refractivity contribution in [1.82, 2.24) is 4.72 Å². The fraction of sp³-hybridized carbons (Fsp3) is 0.667. The van der Waals surface area contributed by atoms with Gasteiger partial charge in [-0.3, -0.25) is 0 Å². The number of nitrogens with two attached hydrogens (primary N) is 1. The van der Waals surface area contributed by atoms with E-state index in [-0.39, 0.29) is 16.2 Å². The zero-order chi connectivity index (χ0) is 14.1. The largest absolute Gasteiger partial charge is 0.464 e. The van der Waals surface area contributed by atoms with Crippen molar-refractivity contribution in [3.8, 4) is 0 Å². The summed E-state index contributed by atoms with van der Waals surface area (Å²) in [7, 11) is -3.51. The first-order chi connectivity index (χ1) is 8.92. The van der Waals surface area contributed by atoms with E-state index in [1.165, 1.54) is 12.5 Å². The van der Waals surface area contributed by atoms with E-state index >= 15 is 0 Å². The average Bonchev–Trinajstić information content (AvgIpc) is 2.70. The molecule has 1 heterocycles. The van der Waals surface area contributed by atoms with E-state index in [4.69, 9.17) is 10.2 Å². The Balaban J connectivity index is 2.11. The van der Waals surface area contributed by atoms with Gasteiger partial charge in [0, 0.05) is 17.4 Å². The predicted octanol–water partition coefficient (Wildman–Crippen LogP) is 1.61. The molecule has 1 saturated carbocycles. The summed E-state index contributed by atoms with van der Waals surface area (Å²) in [5.74, 6) is 0.876. The molecule has 2 rings (SSSR count). The molecule has 1 aromatic heterocycles.